The minimum Gasteiger partial charge on any atom is -0.457 e. The van der Waals surface area contributed by atoms with Crippen molar-refractivity contribution in [2.45, 2.75) is 38.5 Å². The summed E-state index contributed by atoms with van der Waals surface area (Å²) in [6.45, 7) is 0. The molecule has 1 fully saturated rings. The van der Waals surface area contributed by atoms with E-state index in [4.69, 9.17) is 4.74 Å². The van der Waals surface area contributed by atoms with Crippen LogP contribution in [0.4, 0.5) is 0 Å². The van der Waals surface area contributed by atoms with Gasteiger partial charge in [0.05, 0.1) is 0 Å². The van der Waals surface area contributed by atoms with E-state index in [0.717, 1.165) is 12.8 Å². The highest BCUT2D eigenvalue weighted by atomic mass is 16.5. The Morgan fingerprint density at radius 2 is 2.15 bits per heavy atom. The Morgan fingerprint density at radius 1 is 1.38 bits per heavy atom. The standard InChI is InChI=1S/C10H16N2O/c1-12-7-8-13-10(12)11-9-5-3-2-4-6-9/h7-8,10H,2-6H2,1H3/t10-/m1/s1. The van der Waals surface area contributed by atoms with Crippen LogP contribution in [0.25, 0.3) is 0 Å². The zero-order valence-corrected chi connectivity index (χ0v) is 8.07. The van der Waals surface area contributed by atoms with Crippen molar-refractivity contribution in [1.29, 1.82) is 0 Å². The molecule has 13 heavy (non-hydrogen) atoms. The van der Waals surface area contributed by atoms with Gasteiger partial charge in [-0.2, -0.15) is 0 Å². The molecule has 0 aromatic heterocycles. The van der Waals surface area contributed by atoms with Gasteiger partial charge in [-0.3, -0.25) is 0 Å². The van der Waals surface area contributed by atoms with E-state index in [9.17, 15) is 0 Å². The van der Waals surface area contributed by atoms with E-state index in [1.54, 1.807) is 6.26 Å². The minimum absolute atomic E-state index is 0.0897. The van der Waals surface area contributed by atoms with Gasteiger partial charge < -0.3 is 9.64 Å². The van der Waals surface area contributed by atoms with Crippen LogP contribution in [0.2, 0.25) is 0 Å². The Balaban J connectivity index is 1.94. The lowest BCUT2D eigenvalue weighted by Crippen LogP contribution is -2.23. The molecule has 0 unspecified atom stereocenters. The van der Waals surface area contributed by atoms with Crippen LogP contribution in [-0.2, 0) is 4.74 Å². The van der Waals surface area contributed by atoms with Gasteiger partial charge in [-0.15, -0.1) is 0 Å². The molecule has 1 aliphatic heterocycles. The first-order valence-corrected chi connectivity index (χ1v) is 4.96. The van der Waals surface area contributed by atoms with Gasteiger partial charge in [0.25, 0.3) is 6.35 Å². The smallest absolute Gasteiger partial charge is 0.269 e. The van der Waals surface area contributed by atoms with Crippen LogP contribution in [0.3, 0.4) is 0 Å². The van der Waals surface area contributed by atoms with Gasteiger partial charge in [-0.25, -0.2) is 4.99 Å². The molecule has 2 rings (SSSR count). The maximum Gasteiger partial charge on any atom is 0.269 e. The fraction of sp³-hybridized carbons (Fsp3) is 0.700. The Hall–Kier alpha value is -0.990. The SMILES string of the molecule is CN1C=CO[C@@H]1N=C1CCCCC1. The summed E-state index contributed by atoms with van der Waals surface area (Å²) in [6, 6.07) is 0. The van der Waals surface area contributed by atoms with E-state index in [2.05, 4.69) is 4.99 Å². The molecular formula is C10H16N2O. The summed E-state index contributed by atoms with van der Waals surface area (Å²) < 4.78 is 5.33. The van der Waals surface area contributed by atoms with Crippen molar-refractivity contribution >= 4 is 5.71 Å². The first-order chi connectivity index (χ1) is 6.36. The molecule has 0 amide bonds. The third-order valence-corrected chi connectivity index (χ3v) is 2.57. The lowest BCUT2D eigenvalue weighted by Gasteiger charge is -2.19. The third-order valence-electron chi connectivity index (χ3n) is 2.57. The lowest BCUT2D eigenvalue weighted by atomic mass is 9.99. The number of nitrogens with zero attached hydrogens (tertiary/aromatic N) is 2. The second-order valence-electron chi connectivity index (χ2n) is 3.67. The van der Waals surface area contributed by atoms with E-state index in [1.807, 2.05) is 18.1 Å². The summed E-state index contributed by atoms with van der Waals surface area (Å²) in [4.78, 5) is 6.56. The number of rotatable bonds is 1. The first kappa shape index (κ1) is 8.60. The molecule has 1 aliphatic carbocycles. The zero-order chi connectivity index (χ0) is 9.10. The Morgan fingerprint density at radius 3 is 2.77 bits per heavy atom. The summed E-state index contributed by atoms with van der Waals surface area (Å²) in [7, 11) is 1.99. The molecule has 0 spiro atoms. The summed E-state index contributed by atoms with van der Waals surface area (Å²) in [6.07, 6.45) is 9.80. The third kappa shape index (κ3) is 2.02. The van der Waals surface area contributed by atoms with Gasteiger partial charge in [-0.05, 0) is 25.7 Å². The van der Waals surface area contributed by atoms with Gasteiger partial charge >= 0.3 is 0 Å². The van der Waals surface area contributed by atoms with Crippen LogP contribution in [-0.4, -0.2) is 24.0 Å². The second kappa shape index (κ2) is 3.81. The molecule has 0 aromatic carbocycles. The van der Waals surface area contributed by atoms with Gasteiger partial charge in [-0.1, -0.05) is 6.42 Å². The number of hydrogen-bond donors (Lipinski definition) is 0. The van der Waals surface area contributed by atoms with Crippen LogP contribution in [0.15, 0.2) is 17.5 Å². The summed E-state index contributed by atoms with van der Waals surface area (Å²) in [5, 5.41) is 0. The second-order valence-corrected chi connectivity index (χ2v) is 3.67. The van der Waals surface area contributed by atoms with Crippen molar-refractivity contribution in [3.05, 3.63) is 12.5 Å². The van der Waals surface area contributed by atoms with E-state index in [-0.39, 0.29) is 6.35 Å². The predicted molar refractivity (Wildman–Crippen MR) is 52.3 cm³/mol. The van der Waals surface area contributed by atoms with Crippen molar-refractivity contribution in [1.82, 2.24) is 4.90 Å². The van der Waals surface area contributed by atoms with Gasteiger partial charge in [0, 0.05) is 19.0 Å². The topological polar surface area (TPSA) is 24.8 Å². The van der Waals surface area contributed by atoms with E-state index >= 15 is 0 Å². The highest BCUT2D eigenvalue weighted by Gasteiger charge is 2.16. The molecular weight excluding hydrogens is 164 g/mol. The Kier molecular flexibility index (Phi) is 2.52. The van der Waals surface area contributed by atoms with Crippen LogP contribution < -0.4 is 0 Å². The predicted octanol–water partition coefficient (Wildman–Crippen LogP) is 2.11. The van der Waals surface area contributed by atoms with Crippen molar-refractivity contribution in [2.75, 3.05) is 7.05 Å². The molecule has 0 aromatic rings. The monoisotopic (exact) mass is 180 g/mol. The summed E-state index contributed by atoms with van der Waals surface area (Å²) in [5.41, 5.74) is 1.33. The van der Waals surface area contributed by atoms with Crippen LogP contribution >= 0.6 is 0 Å². The molecule has 1 heterocycles. The van der Waals surface area contributed by atoms with Crippen molar-refractivity contribution < 1.29 is 4.74 Å². The van der Waals surface area contributed by atoms with Gasteiger partial charge in [0.1, 0.15) is 6.26 Å². The van der Waals surface area contributed by atoms with Crippen molar-refractivity contribution in [3.8, 4) is 0 Å². The highest BCUT2D eigenvalue weighted by molar-refractivity contribution is 5.85. The van der Waals surface area contributed by atoms with Crippen LogP contribution in [0, 0.1) is 0 Å². The largest absolute Gasteiger partial charge is 0.457 e. The molecule has 1 saturated carbocycles. The molecule has 2 aliphatic rings. The highest BCUT2D eigenvalue weighted by Crippen LogP contribution is 2.18. The number of ether oxygens (including phenoxy) is 1. The van der Waals surface area contributed by atoms with Gasteiger partial charge in [0.2, 0.25) is 0 Å². The summed E-state index contributed by atoms with van der Waals surface area (Å²) in [5.74, 6) is 0. The van der Waals surface area contributed by atoms with Crippen molar-refractivity contribution in [2.24, 2.45) is 4.99 Å². The molecule has 3 nitrogen and oxygen atoms in total. The summed E-state index contributed by atoms with van der Waals surface area (Å²) >= 11 is 0. The lowest BCUT2D eigenvalue weighted by molar-refractivity contribution is 0.0813. The molecule has 0 radical (unpaired) electrons. The van der Waals surface area contributed by atoms with E-state index in [0.29, 0.717) is 0 Å². The van der Waals surface area contributed by atoms with Crippen molar-refractivity contribution in [3.63, 3.8) is 0 Å². The Labute approximate surface area is 79.1 Å². The fourth-order valence-electron chi connectivity index (χ4n) is 1.74. The first-order valence-electron chi connectivity index (χ1n) is 4.96. The maximum absolute atomic E-state index is 5.33. The molecule has 1 atom stereocenters. The number of aliphatic imine (C=N–C) groups is 1. The molecule has 72 valence electrons. The zero-order valence-electron chi connectivity index (χ0n) is 8.07. The molecule has 0 saturated heterocycles. The van der Waals surface area contributed by atoms with Gasteiger partial charge in [0.15, 0.2) is 0 Å². The van der Waals surface area contributed by atoms with E-state index < -0.39 is 0 Å². The molecule has 0 N–H and O–H groups in total. The fourth-order valence-corrected chi connectivity index (χ4v) is 1.74. The average molecular weight is 180 g/mol. The maximum atomic E-state index is 5.33. The minimum atomic E-state index is -0.0897. The molecule has 3 heteroatoms. The Bertz CT molecular complexity index is 227. The normalized spacial score (nSPS) is 27.6. The molecule has 0 bridgehead atoms. The quantitative estimate of drug-likeness (QED) is 0.617. The average Bonchev–Trinajstić information content (AvgIpc) is 2.54. The van der Waals surface area contributed by atoms with Crippen LogP contribution in [0.5, 0.6) is 0 Å². The van der Waals surface area contributed by atoms with E-state index in [1.165, 1.54) is 25.0 Å². The van der Waals surface area contributed by atoms with Crippen LogP contribution in [0.1, 0.15) is 32.1 Å². The number of hydrogen-bond acceptors (Lipinski definition) is 3.